The molecule has 0 aliphatic carbocycles. The SMILES string of the molecule is CNC(=O)c1c(OC)ccc2cc(Br)ccc12. The van der Waals surface area contributed by atoms with Crippen LogP contribution in [0, 0.1) is 0 Å². The zero-order valence-corrected chi connectivity index (χ0v) is 11.2. The lowest BCUT2D eigenvalue weighted by atomic mass is 10.0. The lowest BCUT2D eigenvalue weighted by molar-refractivity contribution is 0.0962. The van der Waals surface area contributed by atoms with Crippen molar-refractivity contribution in [1.29, 1.82) is 0 Å². The summed E-state index contributed by atoms with van der Waals surface area (Å²) in [7, 11) is 3.17. The maximum atomic E-state index is 11.9. The van der Waals surface area contributed by atoms with E-state index in [1.807, 2.05) is 24.3 Å². The van der Waals surface area contributed by atoms with Crippen molar-refractivity contribution >= 4 is 32.6 Å². The predicted molar refractivity (Wildman–Crippen MR) is 71.6 cm³/mol. The first-order valence-electron chi connectivity index (χ1n) is 5.15. The molecule has 1 amide bonds. The molecule has 0 unspecified atom stereocenters. The zero-order valence-electron chi connectivity index (χ0n) is 9.58. The number of nitrogens with one attached hydrogen (secondary N) is 1. The monoisotopic (exact) mass is 293 g/mol. The molecule has 0 radical (unpaired) electrons. The molecule has 0 aromatic heterocycles. The van der Waals surface area contributed by atoms with Gasteiger partial charge >= 0.3 is 0 Å². The fraction of sp³-hybridized carbons (Fsp3) is 0.154. The Morgan fingerprint density at radius 1 is 1.29 bits per heavy atom. The van der Waals surface area contributed by atoms with Crippen molar-refractivity contribution in [2.45, 2.75) is 0 Å². The van der Waals surface area contributed by atoms with Gasteiger partial charge in [-0.1, -0.05) is 28.1 Å². The van der Waals surface area contributed by atoms with Gasteiger partial charge in [0.05, 0.1) is 12.7 Å². The minimum Gasteiger partial charge on any atom is -0.496 e. The Kier molecular flexibility index (Phi) is 3.33. The van der Waals surface area contributed by atoms with Crippen LogP contribution in [0.4, 0.5) is 0 Å². The summed E-state index contributed by atoms with van der Waals surface area (Å²) in [6.07, 6.45) is 0. The van der Waals surface area contributed by atoms with Gasteiger partial charge in [-0.15, -0.1) is 0 Å². The van der Waals surface area contributed by atoms with Gasteiger partial charge in [0.25, 0.3) is 5.91 Å². The standard InChI is InChI=1S/C13H12BrNO2/c1-15-13(16)12-10-5-4-9(14)7-8(10)3-6-11(12)17-2/h3-7H,1-2H3,(H,15,16). The van der Waals surface area contributed by atoms with Crippen LogP contribution in [0.15, 0.2) is 34.8 Å². The van der Waals surface area contributed by atoms with E-state index in [4.69, 9.17) is 4.74 Å². The highest BCUT2D eigenvalue weighted by molar-refractivity contribution is 9.10. The summed E-state index contributed by atoms with van der Waals surface area (Å²) in [6, 6.07) is 9.53. The maximum Gasteiger partial charge on any atom is 0.255 e. The van der Waals surface area contributed by atoms with E-state index in [2.05, 4.69) is 21.2 Å². The molecule has 0 spiro atoms. The van der Waals surface area contributed by atoms with Crippen molar-refractivity contribution in [2.75, 3.05) is 14.2 Å². The Morgan fingerprint density at radius 2 is 2.06 bits per heavy atom. The molecular formula is C13H12BrNO2. The van der Waals surface area contributed by atoms with E-state index in [0.29, 0.717) is 11.3 Å². The van der Waals surface area contributed by atoms with Gasteiger partial charge in [0, 0.05) is 11.5 Å². The second-order valence-electron chi connectivity index (χ2n) is 3.59. The number of rotatable bonds is 2. The Bertz CT molecular complexity index is 581. The van der Waals surface area contributed by atoms with Crippen molar-refractivity contribution in [1.82, 2.24) is 5.32 Å². The van der Waals surface area contributed by atoms with Crippen LogP contribution in [0.5, 0.6) is 5.75 Å². The average molecular weight is 294 g/mol. The van der Waals surface area contributed by atoms with E-state index in [0.717, 1.165) is 15.2 Å². The fourth-order valence-electron chi connectivity index (χ4n) is 1.81. The molecular weight excluding hydrogens is 282 g/mol. The molecule has 0 saturated carbocycles. The second kappa shape index (κ2) is 4.75. The summed E-state index contributed by atoms with van der Waals surface area (Å²) in [5, 5.41) is 4.51. The van der Waals surface area contributed by atoms with E-state index in [1.54, 1.807) is 20.2 Å². The molecule has 2 aromatic carbocycles. The van der Waals surface area contributed by atoms with Gasteiger partial charge < -0.3 is 10.1 Å². The summed E-state index contributed by atoms with van der Waals surface area (Å²) in [5.41, 5.74) is 0.569. The third-order valence-electron chi connectivity index (χ3n) is 2.62. The lowest BCUT2D eigenvalue weighted by Crippen LogP contribution is -2.19. The van der Waals surface area contributed by atoms with Crippen LogP contribution in [0.1, 0.15) is 10.4 Å². The van der Waals surface area contributed by atoms with Crippen LogP contribution in [0.25, 0.3) is 10.8 Å². The number of ether oxygens (including phenoxy) is 1. The third kappa shape index (κ3) is 2.13. The summed E-state index contributed by atoms with van der Waals surface area (Å²) in [4.78, 5) is 11.9. The summed E-state index contributed by atoms with van der Waals surface area (Å²) in [6.45, 7) is 0. The van der Waals surface area contributed by atoms with E-state index in [9.17, 15) is 4.79 Å². The van der Waals surface area contributed by atoms with Crippen LogP contribution < -0.4 is 10.1 Å². The van der Waals surface area contributed by atoms with Gasteiger partial charge in [0.1, 0.15) is 5.75 Å². The average Bonchev–Trinajstić information content (AvgIpc) is 2.36. The molecule has 3 nitrogen and oxygen atoms in total. The zero-order chi connectivity index (χ0) is 12.4. The molecule has 0 aliphatic rings. The van der Waals surface area contributed by atoms with Crippen molar-refractivity contribution in [3.8, 4) is 5.75 Å². The Labute approximate surface area is 108 Å². The van der Waals surface area contributed by atoms with Crippen molar-refractivity contribution < 1.29 is 9.53 Å². The number of carbonyl (C=O) groups excluding carboxylic acids is 1. The Morgan fingerprint density at radius 3 is 2.71 bits per heavy atom. The first kappa shape index (κ1) is 11.9. The van der Waals surface area contributed by atoms with Gasteiger partial charge in [-0.3, -0.25) is 4.79 Å². The number of amides is 1. The molecule has 4 heteroatoms. The predicted octanol–water partition coefficient (Wildman–Crippen LogP) is 2.97. The van der Waals surface area contributed by atoms with E-state index in [1.165, 1.54) is 0 Å². The third-order valence-corrected chi connectivity index (χ3v) is 3.11. The quantitative estimate of drug-likeness (QED) is 0.924. The Hall–Kier alpha value is -1.55. The molecule has 0 aliphatic heterocycles. The number of benzene rings is 2. The van der Waals surface area contributed by atoms with Gasteiger partial charge in [-0.25, -0.2) is 0 Å². The molecule has 0 fully saturated rings. The molecule has 0 heterocycles. The molecule has 1 N–H and O–H groups in total. The summed E-state index contributed by atoms with van der Waals surface area (Å²) in [5.74, 6) is 0.439. The van der Waals surface area contributed by atoms with E-state index in [-0.39, 0.29) is 5.91 Å². The molecule has 17 heavy (non-hydrogen) atoms. The number of halogens is 1. The van der Waals surface area contributed by atoms with Gasteiger partial charge in [-0.2, -0.15) is 0 Å². The molecule has 88 valence electrons. The normalized spacial score (nSPS) is 10.3. The summed E-state index contributed by atoms with van der Waals surface area (Å²) < 4.78 is 6.22. The Balaban J connectivity index is 2.78. The lowest BCUT2D eigenvalue weighted by Gasteiger charge is -2.11. The summed E-state index contributed by atoms with van der Waals surface area (Å²) >= 11 is 3.41. The largest absolute Gasteiger partial charge is 0.496 e. The van der Waals surface area contributed by atoms with Crippen LogP contribution in [0.2, 0.25) is 0 Å². The fourth-order valence-corrected chi connectivity index (χ4v) is 2.19. The van der Waals surface area contributed by atoms with Crippen molar-refractivity contribution in [3.63, 3.8) is 0 Å². The molecule has 2 aromatic rings. The minimum absolute atomic E-state index is 0.144. The minimum atomic E-state index is -0.144. The number of hydrogen-bond donors (Lipinski definition) is 1. The smallest absolute Gasteiger partial charge is 0.255 e. The van der Waals surface area contributed by atoms with Crippen molar-refractivity contribution in [3.05, 3.63) is 40.4 Å². The van der Waals surface area contributed by atoms with Gasteiger partial charge in [0.15, 0.2) is 0 Å². The van der Waals surface area contributed by atoms with Crippen LogP contribution in [0.3, 0.4) is 0 Å². The number of methoxy groups -OCH3 is 1. The van der Waals surface area contributed by atoms with Crippen LogP contribution in [-0.2, 0) is 0 Å². The first-order chi connectivity index (χ1) is 8.17. The highest BCUT2D eigenvalue weighted by atomic mass is 79.9. The van der Waals surface area contributed by atoms with E-state index < -0.39 is 0 Å². The number of fused-ring (bicyclic) bond motifs is 1. The highest BCUT2D eigenvalue weighted by Gasteiger charge is 2.14. The second-order valence-corrected chi connectivity index (χ2v) is 4.50. The number of hydrogen-bond acceptors (Lipinski definition) is 2. The molecule has 0 atom stereocenters. The number of carbonyl (C=O) groups is 1. The van der Waals surface area contributed by atoms with Crippen LogP contribution in [-0.4, -0.2) is 20.1 Å². The first-order valence-corrected chi connectivity index (χ1v) is 5.95. The van der Waals surface area contributed by atoms with Crippen LogP contribution >= 0.6 is 15.9 Å². The van der Waals surface area contributed by atoms with Gasteiger partial charge in [-0.05, 0) is 29.0 Å². The van der Waals surface area contributed by atoms with Crippen molar-refractivity contribution in [2.24, 2.45) is 0 Å². The maximum absolute atomic E-state index is 11.9. The highest BCUT2D eigenvalue weighted by Crippen LogP contribution is 2.29. The topological polar surface area (TPSA) is 38.3 Å². The van der Waals surface area contributed by atoms with Gasteiger partial charge in [0.2, 0.25) is 0 Å². The molecule has 0 saturated heterocycles. The van der Waals surface area contributed by atoms with E-state index >= 15 is 0 Å². The molecule has 0 bridgehead atoms. The molecule has 2 rings (SSSR count).